The second-order valence-electron chi connectivity index (χ2n) is 8.00. The molecule has 2 N–H and O–H groups in total. The molecular weight excluding hydrogens is 447 g/mol. The Hall–Kier alpha value is -0.970. The van der Waals surface area contributed by atoms with Crippen LogP contribution in [-0.4, -0.2) is 35.4 Å². The molecule has 2 heterocycles. The number of aromatic nitrogens is 2. The van der Waals surface area contributed by atoms with Crippen LogP contribution in [0.5, 0.6) is 0 Å². The number of halogens is 4. The highest BCUT2D eigenvalue weighted by Crippen LogP contribution is 2.38. The predicted molar refractivity (Wildman–Crippen MR) is 104 cm³/mol. The Balaban J connectivity index is 2.64. The van der Waals surface area contributed by atoms with Gasteiger partial charge in [0.1, 0.15) is 16.3 Å². The third-order valence-electron chi connectivity index (χ3n) is 3.70. The van der Waals surface area contributed by atoms with Gasteiger partial charge in [0, 0.05) is 17.1 Å². The van der Waals surface area contributed by atoms with Crippen LogP contribution >= 0.6 is 15.9 Å². The van der Waals surface area contributed by atoms with E-state index in [1.54, 1.807) is 40.7 Å². The lowest BCUT2D eigenvalue weighted by Crippen LogP contribution is -2.41. The first-order valence-corrected chi connectivity index (χ1v) is 10.2. The third kappa shape index (κ3) is 5.52. The zero-order chi connectivity index (χ0) is 20.8. The van der Waals surface area contributed by atoms with E-state index < -0.39 is 33.6 Å². The zero-order valence-corrected chi connectivity index (χ0v) is 18.1. The van der Waals surface area contributed by atoms with Gasteiger partial charge in [0.15, 0.2) is 0 Å². The highest BCUT2D eigenvalue weighted by molar-refractivity contribution is 9.10. The highest BCUT2D eigenvalue weighted by Gasteiger charge is 2.44. The van der Waals surface area contributed by atoms with Gasteiger partial charge in [0.25, 0.3) is 0 Å². The van der Waals surface area contributed by atoms with Gasteiger partial charge in [-0.1, -0.05) is 0 Å². The molecule has 0 radical (unpaired) electrons. The topological polar surface area (TPSA) is 67.2 Å². The molecule has 0 amide bonds. The van der Waals surface area contributed by atoms with Crippen molar-refractivity contribution in [1.82, 2.24) is 14.3 Å². The van der Waals surface area contributed by atoms with Crippen LogP contribution in [0.3, 0.4) is 0 Å². The van der Waals surface area contributed by atoms with Gasteiger partial charge in [0.05, 0.1) is 27.9 Å². The van der Waals surface area contributed by atoms with E-state index in [9.17, 15) is 22.5 Å². The minimum absolute atomic E-state index is 0.0554. The Bertz CT molecular complexity index is 854. The number of aliphatic hydroxyl groups is 1. The molecule has 2 aromatic heterocycles. The summed E-state index contributed by atoms with van der Waals surface area (Å²) in [4.78, 5) is 4.27. The Morgan fingerprint density at radius 1 is 1.26 bits per heavy atom. The number of fused-ring (bicyclic) bond motifs is 1. The first kappa shape index (κ1) is 22.3. The number of hydrogen-bond acceptors (Lipinski definition) is 3. The number of pyridine rings is 1. The smallest absolute Gasteiger partial charge is 0.389 e. The summed E-state index contributed by atoms with van der Waals surface area (Å²) < 4.78 is 57.1. The molecule has 27 heavy (non-hydrogen) atoms. The van der Waals surface area contributed by atoms with E-state index in [4.69, 9.17) is 0 Å². The van der Waals surface area contributed by atoms with Crippen LogP contribution in [0.2, 0.25) is 0 Å². The molecule has 2 atom stereocenters. The number of hydrogen-bond donors (Lipinski definition) is 2. The molecule has 152 valence electrons. The Morgan fingerprint density at radius 2 is 1.85 bits per heavy atom. The molecule has 0 aliphatic heterocycles. The fraction of sp³-hybridized carbons (Fsp3) is 0.588. The van der Waals surface area contributed by atoms with Crippen LogP contribution in [0.25, 0.3) is 11.0 Å². The Kier molecular flexibility index (Phi) is 6.16. The first-order chi connectivity index (χ1) is 12.1. The van der Waals surface area contributed by atoms with Crippen molar-refractivity contribution >= 4 is 37.9 Å². The highest BCUT2D eigenvalue weighted by atomic mass is 79.9. The quantitative estimate of drug-likeness (QED) is 0.643. The van der Waals surface area contributed by atoms with E-state index in [0.717, 1.165) is 0 Å². The maximum atomic E-state index is 13.8. The van der Waals surface area contributed by atoms with Gasteiger partial charge in [-0.25, -0.2) is 13.9 Å². The van der Waals surface area contributed by atoms with E-state index in [1.807, 2.05) is 0 Å². The van der Waals surface area contributed by atoms with Gasteiger partial charge in [-0.2, -0.15) is 13.2 Å². The summed E-state index contributed by atoms with van der Waals surface area (Å²) >= 11 is 3.22. The zero-order valence-electron chi connectivity index (χ0n) is 15.7. The fourth-order valence-corrected chi connectivity index (χ4v) is 3.65. The fourth-order valence-electron chi connectivity index (χ4n) is 2.53. The molecule has 5 nitrogen and oxygen atoms in total. The monoisotopic (exact) mass is 469 g/mol. The molecule has 0 aliphatic carbocycles. The maximum absolute atomic E-state index is 13.8. The largest absolute Gasteiger partial charge is 0.408 e. The lowest BCUT2D eigenvalue weighted by molar-refractivity contribution is -0.152. The lowest BCUT2D eigenvalue weighted by atomic mass is 10.1. The minimum atomic E-state index is -4.66. The van der Waals surface area contributed by atoms with Gasteiger partial charge in [0.2, 0.25) is 0 Å². The molecule has 0 saturated heterocycles. The normalized spacial score (nSPS) is 15.9. The lowest BCUT2D eigenvalue weighted by Gasteiger charge is -2.25. The van der Waals surface area contributed by atoms with Crippen molar-refractivity contribution in [3.63, 3.8) is 0 Å². The Labute approximate surface area is 167 Å². The molecule has 0 saturated carbocycles. The summed E-state index contributed by atoms with van der Waals surface area (Å²) in [6.45, 7) is 7.97. The van der Waals surface area contributed by atoms with Gasteiger partial charge in [-0.15, -0.1) is 0 Å². The first-order valence-electron chi connectivity index (χ1n) is 8.22. The molecule has 0 aliphatic rings. The van der Waals surface area contributed by atoms with E-state index in [0.29, 0.717) is 10.3 Å². The summed E-state index contributed by atoms with van der Waals surface area (Å²) in [6, 6.07) is 0.948. The van der Waals surface area contributed by atoms with Crippen LogP contribution < -0.4 is 4.72 Å². The van der Waals surface area contributed by atoms with Crippen molar-refractivity contribution in [3.05, 3.63) is 28.5 Å². The molecular formula is C17H23BrF3N3O2S. The standard InChI is InChI=1S/C17H23BrF3N3O2S/c1-15(2,3)27(26)23-13(17(19,20)21)11-8-24(9-16(4,5)25)14-10(11)6-7-12(18)22-14/h6-8,13,23,25H,9H2,1-5H3/t13-,27-/m0/s1. The van der Waals surface area contributed by atoms with Crippen molar-refractivity contribution < 1.29 is 22.5 Å². The molecule has 10 heteroatoms. The number of nitrogens with zero attached hydrogens (tertiary/aromatic N) is 2. The molecule has 0 unspecified atom stereocenters. The van der Waals surface area contributed by atoms with Crippen LogP contribution in [0.4, 0.5) is 13.2 Å². The molecule has 0 spiro atoms. The minimum Gasteiger partial charge on any atom is -0.389 e. The van der Waals surface area contributed by atoms with Crippen molar-refractivity contribution in [2.24, 2.45) is 0 Å². The third-order valence-corrected chi connectivity index (χ3v) is 5.70. The van der Waals surface area contributed by atoms with Crippen LogP contribution in [0.1, 0.15) is 46.2 Å². The SMILES string of the molecule is CC(C)(O)Cn1cc([C@H](N[S@@](=O)C(C)(C)C)C(F)(F)F)c2ccc(Br)nc21. The number of alkyl halides is 3. The summed E-state index contributed by atoms with van der Waals surface area (Å²) in [7, 11) is -1.93. The molecule has 0 fully saturated rings. The second-order valence-corrected chi connectivity index (χ2v) is 10.8. The van der Waals surface area contributed by atoms with Crippen molar-refractivity contribution in [1.29, 1.82) is 0 Å². The summed E-state index contributed by atoms with van der Waals surface area (Å²) in [5.41, 5.74) is -0.929. The average Bonchev–Trinajstić information content (AvgIpc) is 2.78. The van der Waals surface area contributed by atoms with E-state index >= 15 is 0 Å². The van der Waals surface area contributed by atoms with E-state index in [-0.39, 0.29) is 17.5 Å². The molecule has 2 rings (SSSR count). The van der Waals surface area contributed by atoms with Crippen molar-refractivity contribution in [2.45, 2.75) is 63.7 Å². The number of nitrogens with one attached hydrogen (secondary N) is 1. The molecule has 2 aromatic rings. The summed E-state index contributed by atoms with van der Waals surface area (Å²) in [5.74, 6) is 0. The van der Waals surface area contributed by atoms with Gasteiger partial charge < -0.3 is 9.67 Å². The predicted octanol–water partition coefficient (Wildman–Crippen LogP) is 4.22. The van der Waals surface area contributed by atoms with Crippen molar-refractivity contribution in [3.8, 4) is 0 Å². The molecule has 0 bridgehead atoms. The number of rotatable bonds is 5. The average molecular weight is 470 g/mol. The van der Waals surface area contributed by atoms with Gasteiger partial charge in [-0.3, -0.25) is 0 Å². The second kappa shape index (κ2) is 7.46. The van der Waals surface area contributed by atoms with Crippen LogP contribution in [-0.2, 0) is 17.5 Å². The van der Waals surface area contributed by atoms with Gasteiger partial charge in [-0.05, 0) is 62.7 Å². The summed E-state index contributed by atoms with van der Waals surface area (Å²) in [5, 5.41) is 10.4. The van der Waals surface area contributed by atoms with Crippen molar-refractivity contribution in [2.75, 3.05) is 0 Å². The van der Waals surface area contributed by atoms with E-state index in [1.165, 1.54) is 16.8 Å². The van der Waals surface area contributed by atoms with E-state index in [2.05, 4.69) is 25.6 Å². The Morgan fingerprint density at radius 3 is 2.33 bits per heavy atom. The maximum Gasteiger partial charge on any atom is 0.408 e. The summed E-state index contributed by atoms with van der Waals surface area (Å²) in [6.07, 6.45) is -3.35. The van der Waals surface area contributed by atoms with Crippen LogP contribution in [0, 0.1) is 0 Å². The van der Waals surface area contributed by atoms with Gasteiger partial charge >= 0.3 is 6.18 Å². The van der Waals surface area contributed by atoms with Crippen LogP contribution in [0.15, 0.2) is 22.9 Å². The molecule has 0 aromatic carbocycles.